The molecule has 0 saturated heterocycles. The van der Waals surface area contributed by atoms with Gasteiger partial charge in [0.25, 0.3) is 0 Å². The zero-order valence-corrected chi connectivity index (χ0v) is 16.2. The van der Waals surface area contributed by atoms with Crippen LogP contribution in [-0.2, 0) is 21.5 Å². The lowest BCUT2D eigenvalue weighted by Gasteiger charge is -2.27. The molecule has 0 aliphatic rings. The maximum atomic E-state index is 12.6. The van der Waals surface area contributed by atoms with Gasteiger partial charge in [-0.15, -0.1) is 0 Å². The third-order valence-electron chi connectivity index (χ3n) is 4.52. The van der Waals surface area contributed by atoms with Crippen molar-refractivity contribution in [3.63, 3.8) is 0 Å². The molecule has 0 spiro atoms. The minimum atomic E-state index is -1.63. The lowest BCUT2D eigenvalue weighted by Crippen LogP contribution is -2.50. The van der Waals surface area contributed by atoms with Crippen LogP contribution in [0.15, 0.2) is 42.5 Å². The van der Waals surface area contributed by atoms with E-state index in [-0.39, 0.29) is 12.2 Å². The van der Waals surface area contributed by atoms with E-state index in [2.05, 4.69) is 5.32 Å². The van der Waals surface area contributed by atoms with E-state index in [1.165, 1.54) is 28.1 Å². The molecule has 148 valence electrons. The van der Waals surface area contributed by atoms with Crippen LogP contribution < -0.4 is 14.8 Å². The van der Waals surface area contributed by atoms with Crippen molar-refractivity contribution in [3.05, 3.63) is 59.2 Å². The number of methoxy groups -OCH3 is 2. The summed E-state index contributed by atoms with van der Waals surface area (Å²) in [6.45, 7) is 2.84. The van der Waals surface area contributed by atoms with E-state index in [0.717, 1.165) is 0 Å². The number of ether oxygens (including phenoxy) is 2. The molecule has 0 fully saturated rings. The van der Waals surface area contributed by atoms with Crippen LogP contribution in [0.2, 0.25) is 0 Å². The Balaban J connectivity index is 2.29. The molecule has 2 aromatic rings. The van der Waals surface area contributed by atoms with Crippen molar-refractivity contribution in [3.8, 4) is 11.5 Å². The second kappa shape index (κ2) is 8.56. The fourth-order valence-electron chi connectivity index (χ4n) is 2.81. The van der Waals surface area contributed by atoms with E-state index in [0.29, 0.717) is 28.2 Å². The molecule has 0 heterocycles. The molecule has 0 aliphatic heterocycles. The lowest BCUT2D eigenvalue weighted by atomic mass is 9.91. The number of amides is 1. The second-order valence-electron chi connectivity index (χ2n) is 6.47. The zero-order chi connectivity index (χ0) is 20.9. The lowest BCUT2D eigenvalue weighted by molar-refractivity contribution is -0.147. The highest BCUT2D eigenvalue weighted by Gasteiger charge is 2.37. The Morgan fingerprint density at radius 3 is 2.18 bits per heavy atom. The topological polar surface area (TPSA) is 102 Å². The number of hydrogen-bond donors (Lipinski definition) is 2. The van der Waals surface area contributed by atoms with E-state index < -0.39 is 17.4 Å². The predicted octanol–water partition coefficient (Wildman–Crippen LogP) is 2.57. The fourth-order valence-corrected chi connectivity index (χ4v) is 2.81. The van der Waals surface area contributed by atoms with Crippen LogP contribution in [0.1, 0.15) is 35.3 Å². The first-order valence-electron chi connectivity index (χ1n) is 8.58. The van der Waals surface area contributed by atoms with Crippen molar-refractivity contribution in [2.24, 2.45) is 0 Å². The minimum Gasteiger partial charge on any atom is -0.497 e. The number of benzene rings is 2. The third-order valence-corrected chi connectivity index (χ3v) is 4.52. The maximum absolute atomic E-state index is 12.6. The molecular weight excluding hydrogens is 362 g/mol. The SMILES string of the molecule is COc1ccc([C@](C)(NC(=O)Cc2cc(C(C)=O)ccc2OC)C(=O)O)cc1. The highest BCUT2D eigenvalue weighted by atomic mass is 16.5. The van der Waals surface area contributed by atoms with Gasteiger partial charge in [0.05, 0.1) is 20.6 Å². The van der Waals surface area contributed by atoms with Crippen LogP contribution in [0.4, 0.5) is 0 Å². The summed E-state index contributed by atoms with van der Waals surface area (Å²) in [5, 5.41) is 12.3. The molecule has 0 aliphatic carbocycles. The molecule has 1 atom stereocenters. The highest BCUT2D eigenvalue weighted by Crippen LogP contribution is 2.25. The molecule has 0 bridgehead atoms. The number of hydrogen-bond acceptors (Lipinski definition) is 5. The van der Waals surface area contributed by atoms with Crippen molar-refractivity contribution in [2.75, 3.05) is 14.2 Å². The first-order valence-corrected chi connectivity index (χ1v) is 8.58. The van der Waals surface area contributed by atoms with Crippen LogP contribution in [0, 0.1) is 0 Å². The second-order valence-corrected chi connectivity index (χ2v) is 6.47. The molecule has 2 rings (SSSR count). The van der Waals surface area contributed by atoms with Crippen molar-refractivity contribution in [2.45, 2.75) is 25.8 Å². The average Bonchev–Trinajstić information content (AvgIpc) is 2.67. The van der Waals surface area contributed by atoms with Crippen LogP contribution >= 0.6 is 0 Å². The smallest absolute Gasteiger partial charge is 0.333 e. The van der Waals surface area contributed by atoms with Gasteiger partial charge in [0, 0.05) is 11.1 Å². The molecule has 28 heavy (non-hydrogen) atoms. The van der Waals surface area contributed by atoms with Gasteiger partial charge >= 0.3 is 5.97 Å². The van der Waals surface area contributed by atoms with Crippen LogP contribution in [0.25, 0.3) is 0 Å². The monoisotopic (exact) mass is 385 g/mol. The largest absolute Gasteiger partial charge is 0.497 e. The summed E-state index contributed by atoms with van der Waals surface area (Å²) in [5.41, 5.74) is -0.289. The van der Waals surface area contributed by atoms with Crippen LogP contribution in [-0.4, -0.2) is 37.0 Å². The van der Waals surface area contributed by atoms with Gasteiger partial charge in [-0.05, 0) is 49.7 Å². The number of carbonyl (C=O) groups excluding carboxylic acids is 2. The van der Waals surface area contributed by atoms with Gasteiger partial charge < -0.3 is 19.9 Å². The molecule has 0 unspecified atom stereocenters. The number of carbonyl (C=O) groups is 3. The first kappa shape index (κ1) is 21.0. The van der Waals surface area contributed by atoms with Gasteiger partial charge in [-0.25, -0.2) is 4.79 Å². The Hall–Kier alpha value is -3.35. The molecule has 0 saturated carbocycles. The number of Topliss-reactive ketones (excluding diaryl/α,β-unsaturated/α-hetero) is 1. The Labute approximate surface area is 163 Å². The minimum absolute atomic E-state index is 0.136. The number of ketones is 1. The van der Waals surface area contributed by atoms with Gasteiger partial charge in [-0.2, -0.15) is 0 Å². The summed E-state index contributed by atoms with van der Waals surface area (Å²) in [6.07, 6.45) is -0.136. The summed E-state index contributed by atoms with van der Waals surface area (Å²) in [7, 11) is 2.97. The molecule has 0 radical (unpaired) electrons. The van der Waals surface area contributed by atoms with Gasteiger partial charge in [-0.1, -0.05) is 12.1 Å². The zero-order valence-electron chi connectivity index (χ0n) is 16.2. The molecule has 7 heteroatoms. The number of carboxylic acids is 1. The van der Waals surface area contributed by atoms with E-state index >= 15 is 0 Å². The normalized spacial score (nSPS) is 12.6. The first-order chi connectivity index (χ1) is 13.2. The molecular formula is C21H23NO6. The molecule has 1 amide bonds. The van der Waals surface area contributed by atoms with E-state index in [9.17, 15) is 19.5 Å². The number of nitrogens with one attached hydrogen (secondary N) is 1. The summed E-state index contributed by atoms with van der Waals surface area (Å²) < 4.78 is 10.3. The maximum Gasteiger partial charge on any atom is 0.333 e. The van der Waals surface area contributed by atoms with Gasteiger partial charge in [0.15, 0.2) is 11.3 Å². The van der Waals surface area contributed by atoms with Gasteiger partial charge in [-0.3, -0.25) is 9.59 Å². The van der Waals surface area contributed by atoms with Gasteiger partial charge in [0.1, 0.15) is 11.5 Å². The molecule has 2 aromatic carbocycles. The Bertz CT molecular complexity index is 890. The van der Waals surface area contributed by atoms with Crippen molar-refractivity contribution < 1.29 is 29.0 Å². The number of carboxylic acid groups (broad SMARTS) is 1. The Kier molecular flexibility index (Phi) is 6.41. The standard InChI is InChI=1S/C21H23NO6/c1-13(23)14-5-10-18(28-4)15(11-14)12-19(24)22-21(2,20(25)26)16-6-8-17(27-3)9-7-16/h5-11H,12H2,1-4H3,(H,22,24)(H,25,26)/t21-/m0/s1. The summed E-state index contributed by atoms with van der Waals surface area (Å²) in [5.74, 6) is -0.830. The van der Waals surface area contributed by atoms with Crippen LogP contribution in [0.5, 0.6) is 11.5 Å². The van der Waals surface area contributed by atoms with Crippen molar-refractivity contribution >= 4 is 17.7 Å². The van der Waals surface area contributed by atoms with E-state index in [1.54, 1.807) is 42.5 Å². The summed E-state index contributed by atoms with van der Waals surface area (Å²) in [4.78, 5) is 36.2. The van der Waals surface area contributed by atoms with Crippen LogP contribution in [0.3, 0.4) is 0 Å². The molecule has 7 nitrogen and oxygen atoms in total. The highest BCUT2D eigenvalue weighted by molar-refractivity contribution is 5.95. The number of rotatable bonds is 8. The Morgan fingerprint density at radius 2 is 1.68 bits per heavy atom. The third kappa shape index (κ3) is 4.49. The Morgan fingerprint density at radius 1 is 1.04 bits per heavy atom. The molecule has 0 aromatic heterocycles. The summed E-state index contributed by atoms with van der Waals surface area (Å²) >= 11 is 0. The van der Waals surface area contributed by atoms with E-state index in [1.807, 2.05) is 0 Å². The predicted molar refractivity (Wildman–Crippen MR) is 103 cm³/mol. The van der Waals surface area contributed by atoms with Crippen molar-refractivity contribution in [1.29, 1.82) is 0 Å². The fraction of sp³-hybridized carbons (Fsp3) is 0.286. The molecule has 2 N–H and O–H groups in total. The average molecular weight is 385 g/mol. The quantitative estimate of drug-likeness (QED) is 0.677. The summed E-state index contributed by atoms with van der Waals surface area (Å²) in [6, 6.07) is 11.2. The van der Waals surface area contributed by atoms with Gasteiger partial charge in [0.2, 0.25) is 5.91 Å². The number of aliphatic carboxylic acids is 1. The van der Waals surface area contributed by atoms with Crippen molar-refractivity contribution in [1.82, 2.24) is 5.32 Å². The van der Waals surface area contributed by atoms with E-state index in [4.69, 9.17) is 9.47 Å².